The predicted octanol–water partition coefficient (Wildman–Crippen LogP) is 3.30. The average molecular weight is 282 g/mol. The number of nitrogens with zero attached hydrogens (tertiary/aromatic N) is 1. The minimum atomic E-state index is -0.267. The summed E-state index contributed by atoms with van der Waals surface area (Å²) < 4.78 is 4.97. The molecule has 1 saturated heterocycles. The Hall–Kier alpha value is -2.49. The van der Waals surface area contributed by atoms with Crippen LogP contribution in [-0.4, -0.2) is 25.8 Å². The van der Waals surface area contributed by atoms with Crippen LogP contribution in [0.5, 0.6) is 0 Å². The second kappa shape index (κ2) is 6.31. The van der Waals surface area contributed by atoms with E-state index in [0.717, 1.165) is 24.3 Å². The summed E-state index contributed by atoms with van der Waals surface area (Å²) in [5, 5.41) is 3.39. The zero-order valence-electron chi connectivity index (χ0n) is 11.8. The van der Waals surface area contributed by atoms with Gasteiger partial charge in [-0.3, -0.25) is 4.90 Å². The van der Waals surface area contributed by atoms with Gasteiger partial charge in [0.25, 0.3) is 0 Å². The van der Waals surface area contributed by atoms with Crippen LogP contribution in [0.3, 0.4) is 0 Å². The molecule has 2 aromatic carbocycles. The van der Waals surface area contributed by atoms with Gasteiger partial charge in [0.15, 0.2) is 0 Å². The molecule has 0 unspecified atom stereocenters. The maximum Gasteiger partial charge on any atom is 0.414 e. The van der Waals surface area contributed by atoms with Gasteiger partial charge in [-0.15, -0.1) is 0 Å². The maximum atomic E-state index is 11.6. The number of cyclic esters (lactones) is 1. The Bertz CT molecular complexity index is 613. The molecule has 1 fully saturated rings. The molecule has 1 aliphatic heterocycles. The molecule has 1 amide bonds. The van der Waals surface area contributed by atoms with Gasteiger partial charge in [-0.25, -0.2) is 4.79 Å². The van der Waals surface area contributed by atoms with E-state index in [2.05, 4.69) is 29.6 Å². The first-order valence-corrected chi connectivity index (χ1v) is 7.15. The van der Waals surface area contributed by atoms with E-state index < -0.39 is 0 Å². The van der Waals surface area contributed by atoms with Crippen molar-refractivity contribution in [3.05, 3.63) is 60.2 Å². The molecular formula is C17H18N2O2. The van der Waals surface area contributed by atoms with Crippen molar-refractivity contribution in [1.82, 2.24) is 0 Å². The Morgan fingerprint density at radius 3 is 2.71 bits per heavy atom. The number of nitrogens with one attached hydrogen (secondary N) is 1. The van der Waals surface area contributed by atoms with Gasteiger partial charge < -0.3 is 10.1 Å². The molecule has 1 aliphatic rings. The van der Waals surface area contributed by atoms with Crippen LogP contribution in [0, 0.1) is 0 Å². The third-order valence-corrected chi connectivity index (χ3v) is 3.50. The molecule has 0 aliphatic carbocycles. The fraction of sp³-hybridized carbons (Fsp3) is 0.235. The third kappa shape index (κ3) is 3.34. The first kappa shape index (κ1) is 13.5. The lowest BCUT2D eigenvalue weighted by atomic mass is 10.1. The smallest absolute Gasteiger partial charge is 0.414 e. The number of anilines is 2. The van der Waals surface area contributed by atoms with Crippen molar-refractivity contribution >= 4 is 17.5 Å². The second-order valence-corrected chi connectivity index (χ2v) is 4.98. The van der Waals surface area contributed by atoms with Gasteiger partial charge >= 0.3 is 6.09 Å². The first-order chi connectivity index (χ1) is 10.3. The molecule has 108 valence electrons. The molecule has 0 atom stereocenters. The minimum Gasteiger partial charge on any atom is -0.447 e. The normalized spacial score (nSPS) is 14.1. The zero-order chi connectivity index (χ0) is 14.5. The molecule has 0 spiro atoms. The second-order valence-electron chi connectivity index (χ2n) is 4.98. The number of rotatable bonds is 5. The number of carbonyl (C=O) groups is 1. The Kier molecular flexibility index (Phi) is 4.05. The van der Waals surface area contributed by atoms with Crippen molar-refractivity contribution in [2.45, 2.75) is 6.42 Å². The first-order valence-electron chi connectivity index (χ1n) is 7.15. The Morgan fingerprint density at radius 2 is 1.95 bits per heavy atom. The van der Waals surface area contributed by atoms with E-state index in [4.69, 9.17) is 4.74 Å². The molecule has 4 nitrogen and oxygen atoms in total. The van der Waals surface area contributed by atoms with Crippen molar-refractivity contribution in [3.8, 4) is 0 Å². The summed E-state index contributed by atoms with van der Waals surface area (Å²) in [5.74, 6) is 0. The predicted molar refractivity (Wildman–Crippen MR) is 83.8 cm³/mol. The Morgan fingerprint density at radius 1 is 1.10 bits per heavy atom. The van der Waals surface area contributed by atoms with Gasteiger partial charge in [0.2, 0.25) is 0 Å². The molecule has 3 rings (SSSR count). The van der Waals surface area contributed by atoms with Gasteiger partial charge in [-0.05, 0) is 30.2 Å². The number of amides is 1. The summed E-state index contributed by atoms with van der Waals surface area (Å²) in [5.41, 5.74) is 3.20. The lowest BCUT2D eigenvalue weighted by molar-refractivity contribution is 0.181. The molecule has 0 radical (unpaired) electrons. The molecule has 0 bridgehead atoms. The van der Waals surface area contributed by atoms with Crippen LogP contribution in [0.4, 0.5) is 16.2 Å². The minimum absolute atomic E-state index is 0.267. The fourth-order valence-corrected chi connectivity index (χ4v) is 2.41. The van der Waals surface area contributed by atoms with Gasteiger partial charge in [0.05, 0.1) is 6.54 Å². The highest BCUT2D eigenvalue weighted by Crippen LogP contribution is 2.22. The van der Waals surface area contributed by atoms with Crippen molar-refractivity contribution in [2.75, 3.05) is 29.9 Å². The highest BCUT2D eigenvalue weighted by atomic mass is 16.6. The number of ether oxygens (including phenoxy) is 1. The van der Waals surface area contributed by atoms with Crippen LogP contribution >= 0.6 is 0 Å². The van der Waals surface area contributed by atoms with Crippen LogP contribution in [0.25, 0.3) is 0 Å². The summed E-state index contributed by atoms with van der Waals surface area (Å²) in [6.45, 7) is 1.94. The van der Waals surface area contributed by atoms with Gasteiger partial charge in [0, 0.05) is 17.9 Å². The SMILES string of the molecule is O=C1OCCN1c1cccc(NCCc2ccccc2)c1. The average Bonchev–Trinajstić information content (AvgIpc) is 2.95. The molecule has 21 heavy (non-hydrogen) atoms. The quantitative estimate of drug-likeness (QED) is 0.915. The summed E-state index contributed by atoms with van der Waals surface area (Å²) >= 11 is 0. The number of carbonyl (C=O) groups excluding carboxylic acids is 1. The van der Waals surface area contributed by atoms with Crippen LogP contribution in [0.1, 0.15) is 5.56 Å². The van der Waals surface area contributed by atoms with E-state index in [-0.39, 0.29) is 6.09 Å². The number of hydrogen-bond acceptors (Lipinski definition) is 3. The Labute approximate surface area is 124 Å². The summed E-state index contributed by atoms with van der Waals surface area (Å²) in [4.78, 5) is 13.2. The van der Waals surface area contributed by atoms with Crippen molar-refractivity contribution in [1.29, 1.82) is 0 Å². The molecular weight excluding hydrogens is 264 g/mol. The number of hydrogen-bond donors (Lipinski definition) is 1. The molecule has 4 heteroatoms. The standard InChI is InChI=1S/C17H18N2O2/c20-17-19(11-12-21-17)16-8-4-7-15(13-16)18-10-9-14-5-2-1-3-6-14/h1-8,13,18H,9-12H2. The molecule has 1 N–H and O–H groups in total. The highest BCUT2D eigenvalue weighted by molar-refractivity contribution is 5.89. The monoisotopic (exact) mass is 282 g/mol. The maximum absolute atomic E-state index is 11.6. The van der Waals surface area contributed by atoms with Crippen molar-refractivity contribution in [2.24, 2.45) is 0 Å². The summed E-state index contributed by atoms with van der Waals surface area (Å²) in [7, 11) is 0. The molecule has 2 aromatic rings. The fourth-order valence-electron chi connectivity index (χ4n) is 2.41. The van der Waals surface area contributed by atoms with Crippen molar-refractivity contribution < 1.29 is 9.53 Å². The van der Waals surface area contributed by atoms with E-state index in [1.165, 1.54) is 5.56 Å². The van der Waals surface area contributed by atoms with E-state index in [0.29, 0.717) is 13.2 Å². The highest BCUT2D eigenvalue weighted by Gasteiger charge is 2.23. The summed E-state index contributed by atoms with van der Waals surface area (Å²) in [6.07, 6.45) is 0.702. The Balaban J connectivity index is 1.60. The van der Waals surface area contributed by atoms with E-state index in [1.807, 2.05) is 30.3 Å². The lowest BCUT2D eigenvalue weighted by Gasteiger charge is -2.14. The largest absolute Gasteiger partial charge is 0.447 e. The van der Waals surface area contributed by atoms with Gasteiger partial charge in [-0.1, -0.05) is 36.4 Å². The number of benzene rings is 2. The van der Waals surface area contributed by atoms with Crippen molar-refractivity contribution in [3.63, 3.8) is 0 Å². The third-order valence-electron chi connectivity index (χ3n) is 3.50. The molecule has 0 aromatic heterocycles. The van der Waals surface area contributed by atoms with Gasteiger partial charge in [-0.2, -0.15) is 0 Å². The van der Waals surface area contributed by atoms with Crippen LogP contribution in [0.2, 0.25) is 0 Å². The molecule has 1 heterocycles. The van der Waals surface area contributed by atoms with Crippen LogP contribution < -0.4 is 10.2 Å². The van der Waals surface area contributed by atoms with E-state index in [1.54, 1.807) is 4.90 Å². The zero-order valence-corrected chi connectivity index (χ0v) is 11.8. The van der Waals surface area contributed by atoms with E-state index >= 15 is 0 Å². The van der Waals surface area contributed by atoms with Crippen LogP contribution in [-0.2, 0) is 11.2 Å². The van der Waals surface area contributed by atoms with E-state index in [9.17, 15) is 4.79 Å². The molecule has 0 saturated carbocycles. The van der Waals surface area contributed by atoms with Gasteiger partial charge in [0.1, 0.15) is 6.61 Å². The topological polar surface area (TPSA) is 41.6 Å². The summed E-state index contributed by atoms with van der Waals surface area (Å²) in [6, 6.07) is 18.2. The lowest BCUT2D eigenvalue weighted by Crippen LogP contribution is -2.23. The van der Waals surface area contributed by atoms with Crippen LogP contribution in [0.15, 0.2) is 54.6 Å².